The highest BCUT2D eigenvalue weighted by Gasteiger charge is 2.30. The van der Waals surface area contributed by atoms with E-state index in [1.807, 2.05) is 0 Å². The van der Waals surface area contributed by atoms with Gasteiger partial charge in [0.1, 0.15) is 0 Å². The molecule has 0 aromatic carbocycles. The van der Waals surface area contributed by atoms with E-state index in [0.717, 1.165) is 29.6 Å². The molecule has 0 amide bonds. The maximum Gasteiger partial charge on any atom is -0.0355 e. The summed E-state index contributed by atoms with van der Waals surface area (Å²) in [6.45, 7) is 21.6. The molecule has 0 bridgehead atoms. The lowest BCUT2D eigenvalue weighted by Gasteiger charge is -2.38. The van der Waals surface area contributed by atoms with E-state index in [-0.39, 0.29) is 0 Å². The van der Waals surface area contributed by atoms with E-state index in [1.54, 1.807) is 0 Å². The van der Waals surface area contributed by atoms with E-state index in [9.17, 15) is 0 Å². The summed E-state index contributed by atoms with van der Waals surface area (Å²) >= 11 is 0. The van der Waals surface area contributed by atoms with E-state index < -0.39 is 0 Å². The third kappa shape index (κ3) is 6.81. The lowest BCUT2D eigenvalue weighted by Crippen LogP contribution is -2.29. The molecule has 0 heteroatoms. The van der Waals surface area contributed by atoms with Gasteiger partial charge < -0.3 is 0 Å². The van der Waals surface area contributed by atoms with Crippen LogP contribution in [-0.2, 0) is 0 Å². The van der Waals surface area contributed by atoms with Gasteiger partial charge in [0.05, 0.1) is 0 Å². The maximum absolute atomic E-state index is 2.49. The molecule has 0 N–H and O–H groups in total. The highest BCUT2D eigenvalue weighted by atomic mass is 14.4. The molecule has 0 saturated carbocycles. The summed E-state index contributed by atoms with van der Waals surface area (Å²) in [5, 5.41) is 0. The normalized spacial score (nSPS) is 19.7. The van der Waals surface area contributed by atoms with Crippen LogP contribution < -0.4 is 0 Å². The van der Waals surface area contributed by atoms with E-state index in [0.29, 0.717) is 5.41 Å². The van der Waals surface area contributed by atoms with Crippen molar-refractivity contribution in [1.29, 1.82) is 0 Å². The molecule has 0 aromatic heterocycles. The zero-order chi connectivity index (χ0) is 14.5. The number of rotatable bonds is 7. The Morgan fingerprint density at radius 2 is 1.33 bits per heavy atom. The Hall–Kier alpha value is 0. The Morgan fingerprint density at radius 1 is 0.833 bits per heavy atom. The molecule has 0 heterocycles. The van der Waals surface area contributed by atoms with Crippen LogP contribution in [0.3, 0.4) is 0 Å². The second-order valence-corrected chi connectivity index (χ2v) is 8.28. The molecular formula is C18H38. The van der Waals surface area contributed by atoms with Crippen molar-refractivity contribution < 1.29 is 0 Å². The molecule has 0 aromatic rings. The van der Waals surface area contributed by atoms with Gasteiger partial charge in [0.15, 0.2) is 0 Å². The van der Waals surface area contributed by atoms with Crippen LogP contribution in [0.25, 0.3) is 0 Å². The van der Waals surface area contributed by atoms with Gasteiger partial charge in [-0.15, -0.1) is 0 Å². The molecule has 110 valence electrons. The van der Waals surface area contributed by atoms with Gasteiger partial charge in [0.25, 0.3) is 0 Å². The molecule has 4 atom stereocenters. The summed E-state index contributed by atoms with van der Waals surface area (Å²) in [5.41, 5.74) is 0.456. The van der Waals surface area contributed by atoms with Crippen molar-refractivity contribution in [2.75, 3.05) is 0 Å². The highest BCUT2D eigenvalue weighted by molar-refractivity contribution is 4.80. The second kappa shape index (κ2) is 7.56. The van der Waals surface area contributed by atoms with Crippen molar-refractivity contribution in [3.05, 3.63) is 0 Å². The van der Waals surface area contributed by atoms with Crippen LogP contribution in [0, 0.1) is 35.0 Å². The zero-order valence-electron chi connectivity index (χ0n) is 14.5. The highest BCUT2D eigenvalue weighted by Crippen LogP contribution is 2.39. The third-order valence-corrected chi connectivity index (χ3v) is 4.64. The average Bonchev–Trinajstić information content (AvgIpc) is 2.21. The first kappa shape index (κ1) is 18.0. The summed E-state index contributed by atoms with van der Waals surface area (Å²) < 4.78 is 0. The molecule has 0 aliphatic carbocycles. The molecule has 0 aliphatic rings. The van der Waals surface area contributed by atoms with Crippen molar-refractivity contribution >= 4 is 0 Å². The topological polar surface area (TPSA) is 0 Å². The van der Waals surface area contributed by atoms with Crippen LogP contribution in [0.5, 0.6) is 0 Å². The summed E-state index contributed by atoms with van der Waals surface area (Å²) in [7, 11) is 0. The molecule has 0 fully saturated rings. The van der Waals surface area contributed by atoms with Gasteiger partial charge in [-0.25, -0.2) is 0 Å². The molecule has 0 aliphatic heterocycles. The predicted octanol–water partition coefficient (Wildman–Crippen LogP) is 6.40. The van der Waals surface area contributed by atoms with E-state index >= 15 is 0 Å². The van der Waals surface area contributed by atoms with Crippen LogP contribution in [0.4, 0.5) is 0 Å². The summed E-state index contributed by atoms with van der Waals surface area (Å²) in [6.07, 6.45) is 4.06. The second-order valence-electron chi connectivity index (χ2n) is 8.28. The molecule has 0 saturated heterocycles. The fraction of sp³-hybridized carbons (Fsp3) is 1.00. The number of hydrogen-bond donors (Lipinski definition) is 0. The lowest BCUT2D eigenvalue weighted by molar-refractivity contribution is 0.121. The van der Waals surface area contributed by atoms with Gasteiger partial charge in [0, 0.05) is 0 Å². The lowest BCUT2D eigenvalue weighted by atomic mass is 9.68. The first-order valence-corrected chi connectivity index (χ1v) is 8.08. The summed E-state index contributed by atoms with van der Waals surface area (Å²) in [6, 6.07) is 0. The molecule has 0 rings (SSSR count). The van der Waals surface area contributed by atoms with Crippen LogP contribution >= 0.6 is 0 Å². The van der Waals surface area contributed by atoms with Crippen molar-refractivity contribution in [3.8, 4) is 0 Å². The first-order valence-electron chi connectivity index (χ1n) is 8.08. The summed E-state index contributed by atoms with van der Waals surface area (Å²) in [4.78, 5) is 0. The molecule has 0 nitrogen and oxygen atoms in total. The van der Waals surface area contributed by atoms with Crippen molar-refractivity contribution in [2.24, 2.45) is 35.0 Å². The van der Waals surface area contributed by atoms with Crippen LogP contribution in [0.15, 0.2) is 0 Å². The van der Waals surface area contributed by atoms with Crippen molar-refractivity contribution in [1.82, 2.24) is 0 Å². The van der Waals surface area contributed by atoms with E-state index in [1.165, 1.54) is 19.3 Å². The monoisotopic (exact) mass is 254 g/mol. The van der Waals surface area contributed by atoms with Gasteiger partial charge in [-0.1, -0.05) is 68.7 Å². The quantitative estimate of drug-likeness (QED) is 0.493. The minimum Gasteiger partial charge on any atom is -0.0651 e. The third-order valence-electron chi connectivity index (χ3n) is 4.64. The van der Waals surface area contributed by atoms with Gasteiger partial charge in [-0.2, -0.15) is 0 Å². The SMILES string of the molecule is CCC(C)C(C)C(CC(C)(C)C)C(C)CC(C)C. The smallest absolute Gasteiger partial charge is 0.0355 e. The molecule has 4 unspecified atom stereocenters. The largest absolute Gasteiger partial charge is 0.0651 e. The molecular weight excluding hydrogens is 216 g/mol. The minimum atomic E-state index is 0.456. The fourth-order valence-electron chi connectivity index (χ4n) is 3.32. The fourth-order valence-corrected chi connectivity index (χ4v) is 3.32. The number of hydrogen-bond acceptors (Lipinski definition) is 0. The standard InChI is InChI=1S/C18H38/c1-10-14(4)16(6)17(12-18(7,8)9)15(5)11-13(2)3/h13-17H,10-12H2,1-9H3. The van der Waals surface area contributed by atoms with Gasteiger partial charge in [0.2, 0.25) is 0 Å². The summed E-state index contributed by atoms with van der Waals surface area (Å²) in [5.74, 6) is 4.26. The first-order chi connectivity index (χ1) is 8.08. The Balaban J connectivity index is 4.81. The van der Waals surface area contributed by atoms with Crippen molar-refractivity contribution in [3.63, 3.8) is 0 Å². The Bertz CT molecular complexity index is 209. The Morgan fingerprint density at radius 3 is 1.67 bits per heavy atom. The van der Waals surface area contributed by atoms with Gasteiger partial charge in [-0.05, 0) is 47.8 Å². The van der Waals surface area contributed by atoms with E-state index in [4.69, 9.17) is 0 Å². The molecule has 18 heavy (non-hydrogen) atoms. The van der Waals surface area contributed by atoms with Crippen molar-refractivity contribution in [2.45, 2.75) is 81.6 Å². The Labute approximate surface area is 117 Å². The van der Waals surface area contributed by atoms with E-state index in [2.05, 4.69) is 62.3 Å². The Kier molecular flexibility index (Phi) is 7.56. The molecule has 0 radical (unpaired) electrons. The van der Waals surface area contributed by atoms with Crippen LogP contribution in [0.1, 0.15) is 81.6 Å². The van der Waals surface area contributed by atoms with Gasteiger partial charge in [-0.3, -0.25) is 0 Å². The zero-order valence-corrected chi connectivity index (χ0v) is 14.5. The predicted molar refractivity (Wildman–Crippen MR) is 84.8 cm³/mol. The minimum absolute atomic E-state index is 0.456. The van der Waals surface area contributed by atoms with Crippen LogP contribution in [-0.4, -0.2) is 0 Å². The molecule has 0 spiro atoms. The average molecular weight is 255 g/mol. The van der Waals surface area contributed by atoms with Crippen LogP contribution in [0.2, 0.25) is 0 Å². The maximum atomic E-state index is 2.49. The van der Waals surface area contributed by atoms with Gasteiger partial charge >= 0.3 is 0 Å².